The fourth-order valence-corrected chi connectivity index (χ4v) is 0.786. The van der Waals surface area contributed by atoms with Gasteiger partial charge >= 0.3 is 0 Å². The highest BCUT2D eigenvalue weighted by Gasteiger charge is 1.90. The number of H-pyrrole nitrogens is 1. The minimum atomic E-state index is -0.129. The third-order valence-corrected chi connectivity index (χ3v) is 1.73. The van der Waals surface area contributed by atoms with Gasteiger partial charge in [-0.25, -0.2) is 0 Å². The lowest BCUT2D eigenvalue weighted by molar-refractivity contribution is 1.26. The standard InChI is InChI=1S/C5H3BINO/c6-4-2-1-3(7)5(9)8-4/h1-2H,(H,8,9). The van der Waals surface area contributed by atoms with Gasteiger partial charge in [0.2, 0.25) is 0 Å². The molecule has 0 amide bonds. The van der Waals surface area contributed by atoms with Crippen molar-refractivity contribution in [1.82, 2.24) is 4.98 Å². The summed E-state index contributed by atoms with van der Waals surface area (Å²) in [6.45, 7) is 0. The van der Waals surface area contributed by atoms with Crippen LogP contribution in [-0.2, 0) is 0 Å². The molecule has 44 valence electrons. The van der Waals surface area contributed by atoms with E-state index in [1.807, 2.05) is 22.6 Å². The largest absolute Gasteiger partial charge is 0.335 e. The molecule has 0 saturated heterocycles. The first-order valence-corrected chi connectivity index (χ1v) is 3.42. The number of aromatic nitrogens is 1. The van der Waals surface area contributed by atoms with Crippen LogP contribution in [0.15, 0.2) is 16.9 Å². The Morgan fingerprint density at radius 2 is 2.22 bits per heavy atom. The van der Waals surface area contributed by atoms with E-state index < -0.39 is 0 Å². The van der Waals surface area contributed by atoms with Crippen LogP contribution in [0.3, 0.4) is 0 Å². The number of nitrogens with one attached hydrogen (secondary N) is 1. The molecule has 0 aromatic carbocycles. The summed E-state index contributed by atoms with van der Waals surface area (Å²) in [6.07, 6.45) is 0. The lowest BCUT2D eigenvalue weighted by Crippen LogP contribution is -2.20. The van der Waals surface area contributed by atoms with Gasteiger partial charge in [-0.3, -0.25) is 4.79 Å². The molecule has 0 saturated carbocycles. The average Bonchev–Trinajstić information content (AvgIpc) is 1.80. The minimum Gasteiger partial charge on any atom is -0.335 e. The number of rotatable bonds is 0. The number of hydrogen-bond donors (Lipinski definition) is 1. The van der Waals surface area contributed by atoms with E-state index in [0.717, 1.165) is 0 Å². The van der Waals surface area contributed by atoms with Gasteiger partial charge in [-0.05, 0) is 34.3 Å². The third-order valence-electron chi connectivity index (χ3n) is 0.884. The summed E-state index contributed by atoms with van der Waals surface area (Å²) < 4.78 is 0.654. The van der Waals surface area contributed by atoms with Crippen molar-refractivity contribution in [3.8, 4) is 0 Å². The molecule has 1 aromatic heterocycles. The Labute approximate surface area is 67.2 Å². The highest BCUT2D eigenvalue weighted by atomic mass is 127. The van der Waals surface area contributed by atoms with E-state index in [0.29, 0.717) is 9.16 Å². The number of aromatic amines is 1. The summed E-state index contributed by atoms with van der Waals surface area (Å²) in [6, 6.07) is 3.33. The second-order valence-electron chi connectivity index (χ2n) is 1.59. The predicted octanol–water partition coefficient (Wildman–Crippen LogP) is -0.227. The Balaban J connectivity index is 3.34. The van der Waals surface area contributed by atoms with E-state index in [1.165, 1.54) is 0 Å². The smallest absolute Gasteiger partial charge is 0.260 e. The molecule has 2 radical (unpaired) electrons. The van der Waals surface area contributed by atoms with Gasteiger partial charge in [0, 0.05) is 0 Å². The molecule has 0 atom stereocenters. The fraction of sp³-hybridized carbons (Fsp3) is 0. The zero-order chi connectivity index (χ0) is 6.85. The Kier molecular flexibility index (Phi) is 1.95. The van der Waals surface area contributed by atoms with Crippen LogP contribution in [0.2, 0.25) is 0 Å². The van der Waals surface area contributed by atoms with Crippen molar-refractivity contribution < 1.29 is 0 Å². The Morgan fingerprint density at radius 3 is 2.67 bits per heavy atom. The first-order valence-electron chi connectivity index (χ1n) is 2.34. The predicted molar refractivity (Wildman–Crippen MR) is 45.2 cm³/mol. The van der Waals surface area contributed by atoms with Crippen molar-refractivity contribution in [3.05, 3.63) is 26.1 Å². The van der Waals surface area contributed by atoms with Gasteiger partial charge in [0.1, 0.15) is 7.85 Å². The molecule has 2 nitrogen and oxygen atoms in total. The second kappa shape index (κ2) is 2.55. The minimum absolute atomic E-state index is 0.129. The van der Waals surface area contributed by atoms with Crippen LogP contribution in [0.25, 0.3) is 0 Å². The monoisotopic (exact) mass is 231 g/mol. The van der Waals surface area contributed by atoms with Crippen molar-refractivity contribution in [2.24, 2.45) is 0 Å². The average molecular weight is 231 g/mol. The van der Waals surface area contributed by atoms with E-state index in [2.05, 4.69) is 4.98 Å². The van der Waals surface area contributed by atoms with Gasteiger partial charge in [0.15, 0.2) is 0 Å². The first kappa shape index (κ1) is 6.86. The van der Waals surface area contributed by atoms with Crippen molar-refractivity contribution in [2.75, 3.05) is 0 Å². The Hall–Kier alpha value is -0.255. The molecule has 0 spiro atoms. The molecule has 1 N–H and O–H groups in total. The molecule has 0 fully saturated rings. The van der Waals surface area contributed by atoms with E-state index in [4.69, 9.17) is 7.85 Å². The van der Waals surface area contributed by atoms with Gasteiger partial charge in [0.05, 0.1) is 3.57 Å². The molecule has 0 unspecified atom stereocenters. The lowest BCUT2D eigenvalue weighted by Gasteiger charge is -1.90. The van der Waals surface area contributed by atoms with Crippen molar-refractivity contribution in [3.63, 3.8) is 0 Å². The fourth-order valence-electron chi connectivity index (χ4n) is 0.471. The van der Waals surface area contributed by atoms with Gasteiger partial charge in [-0.15, -0.1) is 0 Å². The molecule has 0 aliphatic carbocycles. The lowest BCUT2D eigenvalue weighted by atomic mass is 10.0. The third kappa shape index (κ3) is 1.57. The summed E-state index contributed by atoms with van der Waals surface area (Å²) in [4.78, 5) is 13.1. The first-order chi connectivity index (χ1) is 4.20. The van der Waals surface area contributed by atoms with Crippen LogP contribution in [0.4, 0.5) is 0 Å². The molecular formula is C5H3BINO. The molecule has 0 aliphatic heterocycles. The molecule has 9 heavy (non-hydrogen) atoms. The zero-order valence-corrected chi connectivity index (χ0v) is 6.68. The van der Waals surface area contributed by atoms with E-state index in [-0.39, 0.29) is 5.56 Å². The van der Waals surface area contributed by atoms with Crippen LogP contribution in [0, 0.1) is 3.57 Å². The van der Waals surface area contributed by atoms with Crippen LogP contribution in [-0.4, -0.2) is 12.8 Å². The topological polar surface area (TPSA) is 32.9 Å². The van der Waals surface area contributed by atoms with Crippen molar-refractivity contribution in [2.45, 2.75) is 0 Å². The molecule has 0 aliphatic rings. The Morgan fingerprint density at radius 1 is 1.56 bits per heavy atom. The van der Waals surface area contributed by atoms with Gasteiger partial charge < -0.3 is 4.98 Å². The SMILES string of the molecule is [B]c1ccc(I)c(=O)[nH]1. The van der Waals surface area contributed by atoms with E-state index in [9.17, 15) is 4.79 Å². The molecule has 1 rings (SSSR count). The number of hydrogen-bond acceptors (Lipinski definition) is 1. The van der Waals surface area contributed by atoms with Crippen LogP contribution in [0.1, 0.15) is 0 Å². The quantitative estimate of drug-likeness (QED) is 0.485. The van der Waals surface area contributed by atoms with Crippen molar-refractivity contribution in [1.29, 1.82) is 0 Å². The summed E-state index contributed by atoms with van der Waals surface area (Å²) in [7, 11) is 5.27. The zero-order valence-electron chi connectivity index (χ0n) is 4.52. The second-order valence-corrected chi connectivity index (χ2v) is 2.75. The molecule has 1 heterocycles. The Bertz CT molecular complexity index is 270. The highest BCUT2D eigenvalue weighted by molar-refractivity contribution is 14.1. The van der Waals surface area contributed by atoms with Crippen LogP contribution in [0.5, 0.6) is 0 Å². The van der Waals surface area contributed by atoms with E-state index >= 15 is 0 Å². The van der Waals surface area contributed by atoms with Crippen molar-refractivity contribution >= 4 is 36.0 Å². The maximum absolute atomic E-state index is 10.7. The van der Waals surface area contributed by atoms with Crippen LogP contribution < -0.4 is 11.2 Å². The number of halogens is 1. The van der Waals surface area contributed by atoms with Gasteiger partial charge in [0.25, 0.3) is 5.56 Å². The summed E-state index contributed by atoms with van der Waals surface area (Å²) >= 11 is 1.94. The maximum atomic E-state index is 10.7. The summed E-state index contributed by atoms with van der Waals surface area (Å²) in [5.41, 5.74) is 0.274. The maximum Gasteiger partial charge on any atom is 0.260 e. The van der Waals surface area contributed by atoms with Gasteiger partial charge in [-0.2, -0.15) is 0 Å². The summed E-state index contributed by atoms with van der Waals surface area (Å²) in [5, 5.41) is 0. The molecular weight excluding hydrogens is 228 g/mol. The molecule has 4 heteroatoms. The molecule has 0 bridgehead atoms. The highest BCUT2D eigenvalue weighted by Crippen LogP contribution is 1.90. The normalized spacial score (nSPS) is 9.44. The van der Waals surface area contributed by atoms with E-state index in [1.54, 1.807) is 12.1 Å². The molecule has 1 aromatic rings. The van der Waals surface area contributed by atoms with Gasteiger partial charge in [-0.1, -0.05) is 6.07 Å². The van der Waals surface area contributed by atoms with Crippen LogP contribution >= 0.6 is 22.6 Å². The summed E-state index contributed by atoms with van der Waals surface area (Å²) in [5.74, 6) is 0. The number of pyridine rings is 1.